The van der Waals surface area contributed by atoms with Crippen LogP contribution in [0.3, 0.4) is 0 Å². The van der Waals surface area contributed by atoms with Gasteiger partial charge in [0.05, 0.1) is 5.60 Å². The average Bonchev–Trinajstić information content (AvgIpc) is 2.74. The minimum atomic E-state index is -0.504. The van der Waals surface area contributed by atoms with Gasteiger partial charge in [-0.2, -0.15) is 0 Å². The van der Waals surface area contributed by atoms with Gasteiger partial charge in [0.1, 0.15) is 0 Å². The van der Waals surface area contributed by atoms with Gasteiger partial charge in [-0.25, -0.2) is 0 Å². The molecule has 194 valence electrons. The van der Waals surface area contributed by atoms with Crippen molar-refractivity contribution in [2.45, 2.75) is 138 Å². The molecule has 0 aliphatic heterocycles. The number of aliphatic hydroxyl groups is 1. The largest absolute Gasteiger partial charge is 0.390 e. The number of allylic oxidation sites excluding steroid dienone is 9. The molecule has 1 nitrogen and oxygen atoms in total. The molecule has 0 saturated heterocycles. The summed E-state index contributed by atoms with van der Waals surface area (Å²) in [6.07, 6.45) is 26.4. The van der Waals surface area contributed by atoms with Crippen LogP contribution in [0.2, 0.25) is 0 Å². The molecule has 0 heterocycles. The van der Waals surface area contributed by atoms with E-state index in [1.165, 1.54) is 41.6 Å². The van der Waals surface area contributed by atoms with E-state index in [9.17, 15) is 5.11 Å². The zero-order chi connectivity index (χ0) is 25.6. The first-order valence-electron chi connectivity index (χ1n) is 13.9. The third-order valence-electron chi connectivity index (χ3n) is 7.98. The van der Waals surface area contributed by atoms with Gasteiger partial charge in [0.25, 0.3) is 0 Å². The smallest absolute Gasteiger partial charge is 0.0653 e. The maximum atomic E-state index is 10.9. The molecule has 0 unspecified atom stereocenters. The topological polar surface area (TPSA) is 20.2 Å². The average molecular weight is 469 g/mol. The number of unbranched alkanes of at least 4 members (excludes halogenated alkanes) is 1. The first-order valence-corrected chi connectivity index (χ1v) is 13.9. The van der Waals surface area contributed by atoms with Crippen molar-refractivity contribution in [3.05, 3.63) is 59.3 Å². The zero-order valence-electron chi connectivity index (χ0n) is 23.8. The summed E-state index contributed by atoms with van der Waals surface area (Å²) in [5.41, 5.74) is 5.73. The summed E-state index contributed by atoms with van der Waals surface area (Å²) < 4.78 is 0. The Morgan fingerprint density at radius 2 is 1.15 bits per heavy atom. The van der Waals surface area contributed by atoms with Gasteiger partial charge in [0, 0.05) is 0 Å². The van der Waals surface area contributed by atoms with Crippen molar-refractivity contribution in [2.75, 3.05) is 0 Å². The molecule has 0 aromatic carbocycles. The molecule has 2 atom stereocenters. The van der Waals surface area contributed by atoms with Crippen molar-refractivity contribution in [3.63, 3.8) is 0 Å². The highest BCUT2D eigenvalue weighted by Gasteiger charge is 2.44. The van der Waals surface area contributed by atoms with Crippen LogP contribution in [0.15, 0.2) is 59.3 Å². The van der Waals surface area contributed by atoms with Crippen LogP contribution in [0.4, 0.5) is 0 Å². The molecule has 1 heteroatoms. The van der Waals surface area contributed by atoms with Crippen molar-refractivity contribution in [2.24, 2.45) is 11.3 Å². The molecule has 0 aromatic rings. The number of hydrogen-bond acceptors (Lipinski definition) is 1. The molecule has 1 N–H and O–H groups in total. The van der Waals surface area contributed by atoms with Crippen molar-refractivity contribution >= 4 is 0 Å². The third-order valence-corrected chi connectivity index (χ3v) is 7.98. The monoisotopic (exact) mass is 468 g/mol. The van der Waals surface area contributed by atoms with Gasteiger partial charge in [0.15, 0.2) is 0 Å². The van der Waals surface area contributed by atoms with E-state index in [1.54, 1.807) is 0 Å². The summed E-state index contributed by atoms with van der Waals surface area (Å²) in [6.45, 7) is 19.6. The van der Waals surface area contributed by atoms with Crippen molar-refractivity contribution in [1.29, 1.82) is 0 Å². The van der Waals surface area contributed by atoms with E-state index in [0.29, 0.717) is 5.92 Å². The van der Waals surface area contributed by atoms with E-state index >= 15 is 0 Å². The van der Waals surface area contributed by atoms with E-state index < -0.39 is 5.60 Å². The molecule has 0 bridgehead atoms. The lowest BCUT2D eigenvalue weighted by molar-refractivity contribution is -0.0918. The molecule has 0 radical (unpaired) electrons. The van der Waals surface area contributed by atoms with Crippen LogP contribution in [-0.2, 0) is 0 Å². The zero-order valence-corrected chi connectivity index (χ0v) is 23.8. The van der Waals surface area contributed by atoms with Crippen molar-refractivity contribution in [3.8, 4) is 0 Å². The lowest BCUT2D eigenvalue weighted by Crippen LogP contribution is -2.46. The summed E-state index contributed by atoms with van der Waals surface area (Å²) >= 11 is 0. The number of rotatable bonds is 15. The second-order valence-electron chi connectivity index (χ2n) is 12.0. The normalized spacial score (nSPS) is 24.4. The lowest BCUT2D eigenvalue weighted by Gasteiger charge is -2.48. The first-order chi connectivity index (χ1) is 16.0. The molecule has 1 aliphatic rings. The molecule has 0 aromatic heterocycles. The minimum Gasteiger partial charge on any atom is -0.390 e. The SMILES string of the molecule is C=CCC/C(C)=C/CC/C(C)=C/CC/C(C)=C/CC/C=C(\C)CC[C@H]1C(C)(C)CCC[C@]1(C)O. The van der Waals surface area contributed by atoms with Crippen LogP contribution in [0.5, 0.6) is 0 Å². The Bertz CT molecular complexity index is 710. The van der Waals surface area contributed by atoms with Crippen LogP contribution in [0, 0.1) is 11.3 Å². The van der Waals surface area contributed by atoms with Gasteiger partial charge in [-0.05, 0) is 123 Å². The Morgan fingerprint density at radius 3 is 1.62 bits per heavy atom. The van der Waals surface area contributed by atoms with E-state index in [1.807, 2.05) is 6.08 Å². The Morgan fingerprint density at radius 1 is 0.706 bits per heavy atom. The van der Waals surface area contributed by atoms with Gasteiger partial charge in [-0.3, -0.25) is 0 Å². The van der Waals surface area contributed by atoms with E-state index in [0.717, 1.165) is 64.2 Å². The molecule has 34 heavy (non-hydrogen) atoms. The van der Waals surface area contributed by atoms with Crippen molar-refractivity contribution < 1.29 is 5.11 Å². The van der Waals surface area contributed by atoms with E-state index in [4.69, 9.17) is 0 Å². The van der Waals surface area contributed by atoms with Gasteiger partial charge < -0.3 is 5.11 Å². The maximum absolute atomic E-state index is 10.9. The highest BCUT2D eigenvalue weighted by Crippen LogP contribution is 2.48. The molecule has 1 fully saturated rings. The van der Waals surface area contributed by atoms with E-state index in [2.05, 4.69) is 79.3 Å². The highest BCUT2D eigenvalue weighted by molar-refractivity contribution is 5.07. The fourth-order valence-corrected chi connectivity index (χ4v) is 5.66. The maximum Gasteiger partial charge on any atom is 0.0653 e. The summed E-state index contributed by atoms with van der Waals surface area (Å²) in [6, 6.07) is 0. The van der Waals surface area contributed by atoms with Gasteiger partial charge in [-0.1, -0.05) is 72.9 Å². The Hall–Kier alpha value is -1.34. The highest BCUT2D eigenvalue weighted by atomic mass is 16.3. The van der Waals surface area contributed by atoms with Gasteiger partial charge in [-0.15, -0.1) is 6.58 Å². The molecule has 0 amide bonds. The predicted molar refractivity (Wildman–Crippen MR) is 153 cm³/mol. The van der Waals surface area contributed by atoms with Gasteiger partial charge >= 0.3 is 0 Å². The third kappa shape index (κ3) is 12.4. The molecular formula is C33H56O. The molecule has 1 aliphatic carbocycles. The van der Waals surface area contributed by atoms with Crippen LogP contribution in [-0.4, -0.2) is 10.7 Å². The summed E-state index contributed by atoms with van der Waals surface area (Å²) in [4.78, 5) is 0. The van der Waals surface area contributed by atoms with E-state index in [-0.39, 0.29) is 5.41 Å². The van der Waals surface area contributed by atoms with Gasteiger partial charge in [0.2, 0.25) is 0 Å². The fraction of sp³-hybridized carbons (Fsp3) is 0.697. The Kier molecular flexibility index (Phi) is 14.1. The molecule has 1 rings (SSSR count). The second kappa shape index (κ2) is 15.6. The van der Waals surface area contributed by atoms with Crippen LogP contribution >= 0.6 is 0 Å². The Balaban J connectivity index is 2.31. The fourth-order valence-electron chi connectivity index (χ4n) is 5.66. The molecular weight excluding hydrogens is 412 g/mol. The van der Waals surface area contributed by atoms with Crippen LogP contribution < -0.4 is 0 Å². The predicted octanol–water partition coefficient (Wildman–Crippen LogP) is 10.4. The quantitative estimate of drug-likeness (QED) is 0.187. The van der Waals surface area contributed by atoms with Crippen molar-refractivity contribution in [1.82, 2.24) is 0 Å². The standard InChI is InChI=1S/C33H56O/c1-9-10-16-27(2)19-13-21-29(4)22-14-20-28(3)17-11-12-18-30(5)23-24-31-32(6,7)25-15-26-33(31,8)34/h9,17-19,22,31,34H,1,10-16,20-21,23-26H2,2-8H3/b27-19+,28-17+,29-22+,30-18+/t31-,33-/m0/s1. The molecule has 1 saturated carbocycles. The Labute approximate surface area is 213 Å². The summed E-state index contributed by atoms with van der Waals surface area (Å²) in [7, 11) is 0. The second-order valence-corrected chi connectivity index (χ2v) is 12.0. The minimum absolute atomic E-state index is 0.246. The summed E-state index contributed by atoms with van der Waals surface area (Å²) in [5, 5.41) is 10.9. The van der Waals surface area contributed by atoms with Crippen LogP contribution in [0.25, 0.3) is 0 Å². The summed E-state index contributed by atoms with van der Waals surface area (Å²) in [5.74, 6) is 0.396. The molecule has 0 spiro atoms. The first kappa shape index (κ1) is 30.7. The lowest BCUT2D eigenvalue weighted by atomic mass is 9.60. The van der Waals surface area contributed by atoms with Crippen LogP contribution in [0.1, 0.15) is 132 Å². The number of hydrogen-bond donors (Lipinski definition) is 1.